The molecule has 0 heterocycles. The highest BCUT2D eigenvalue weighted by molar-refractivity contribution is 6.10. The molecule has 0 radical (unpaired) electrons. The Balaban J connectivity index is 3.85. The molecule has 3 N–H and O–H groups in total. The van der Waals surface area contributed by atoms with Gasteiger partial charge in [0.05, 0.1) is 6.61 Å². The van der Waals surface area contributed by atoms with E-state index in [-0.39, 0.29) is 12.8 Å². The van der Waals surface area contributed by atoms with E-state index in [2.05, 4.69) is 13.8 Å². The molecule has 48 heavy (non-hydrogen) atoms. The van der Waals surface area contributed by atoms with Crippen LogP contribution in [0.2, 0.25) is 0 Å². The number of aliphatic hydroxyl groups is 3. The van der Waals surface area contributed by atoms with E-state index in [1.165, 1.54) is 167 Å². The lowest BCUT2D eigenvalue weighted by molar-refractivity contribution is -0.166. The van der Waals surface area contributed by atoms with Crippen molar-refractivity contribution in [3.05, 3.63) is 0 Å². The van der Waals surface area contributed by atoms with Gasteiger partial charge in [0.15, 0.2) is 11.6 Å². The number of Topliss-reactive ketones (excluding diaryl/α,β-unsaturated/α-hetero) is 2. The van der Waals surface area contributed by atoms with Crippen LogP contribution in [0, 0.1) is 0 Å². The second-order valence-electron chi connectivity index (χ2n) is 15.1. The van der Waals surface area contributed by atoms with Crippen LogP contribution in [-0.2, 0) is 9.59 Å². The summed E-state index contributed by atoms with van der Waals surface area (Å²) in [4.78, 5) is 25.8. The SMILES string of the molecule is CCCCCCCCCCCCCCCCCCCC(=O)C(O)(C(=O)CCCCCCCCCCCCCCCCCCC)C(O)CO. The molecule has 0 aliphatic carbocycles. The first-order valence-electron chi connectivity index (χ1n) is 21.5. The highest BCUT2D eigenvalue weighted by Gasteiger charge is 2.48. The van der Waals surface area contributed by atoms with Crippen LogP contribution < -0.4 is 0 Å². The topological polar surface area (TPSA) is 94.8 Å². The average molecular weight is 681 g/mol. The molecular formula is C43H84O5. The lowest BCUT2D eigenvalue weighted by atomic mass is 9.82. The summed E-state index contributed by atoms with van der Waals surface area (Å²) in [5.41, 5.74) is -2.47. The molecule has 0 amide bonds. The van der Waals surface area contributed by atoms with Gasteiger partial charge in [-0.2, -0.15) is 0 Å². The van der Waals surface area contributed by atoms with Crippen molar-refractivity contribution in [2.75, 3.05) is 6.61 Å². The van der Waals surface area contributed by atoms with Crippen molar-refractivity contribution in [3.63, 3.8) is 0 Å². The largest absolute Gasteiger partial charge is 0.394 e. The zero-order valence-electron chi connectivity index (χ0n) is 32.4. The Kier molecular flexibility index (Phi) is 35.4. The minimum absolute atomic E-state index is 0.0664. The van der Waals surface area contributed by atoms with E-state index >= 15 is 0 Å². The smallest absolute Gasteiger partial charge is 0.209 e. The first-order chi connectivity index (χ1) is 23.4. The number of hydrogen-bond donors (Lipinski definition) is 3. The second-order valence-corrected chi connectivity index (χ2v) is 15.1. The molecule has 0 saturated carbocycles. The molecule has 0 rings (SSSR count). The van der Waals surface area contributed by atoms with E-state index < -0.39 is 29.9 Å². The maximum atomic E-state index is 12.9. The minimum Gasteiger partial charge on any atom is -0.394 e. The molecule has 5 nitrogen and oxygen atoms in total. The van der Waals surface area contributed by atoms with Gasteiger partial charge in [-0.1, -0.05) is 219 Å². The van der Waals surface area contributed by atoms with E-state index in [4.69, 9.17) is 0 Å². The summed E-state index contributed by atoms with van der Waals surface area (Å²) in [5, 5.41) is 30.7. The van der Waals surface area contributed by atoms with Crippen LogP contribution in [0.15, 0.2) is 0 Å². The third-order valence-corrected chi connectivity index (χ3v) is 10.5. The quantitative estimate of drug-likeness (QED) is 0.0442. The monoisotopic (exact) mass is 681 g/mol. The summed E-state index contributed by atoms with van der Waals surface area (Å²) in [5.74, 6) is -1.27. The molecule has 0 aromatic carbocycles. The fraction of sp³-hybridized carbons (Fsp3) is 0.953. The Bertz CT molecular complexity index is 643. The van der Waals surface area contributed by atoms with Crippen LogP contribution in [-0.4, -0.2) is 45.2 Å². The number of rotatable bonds is 40. The van der Waals surface area contributed by atoms with Crippen LogP contribution in [0.25, 0.3) is 0 Å². The van der Waals surface area contributed by atoms with Gasteiger partial charge in [-0.15, -0.1) is 0 Å². The summed E-state index contributed by atoms with van der Waals surface area (Å²) in [6.07, 6.45) is 40.9. The third-order valence-electron chi connectivity index (χ3n) is 10.5. The first-order valence-corrected chi connectivity index (χ1v) is 21.5. The normalized spacial score (nSPS) is 12.5. The lowest BCUT2D eigenvalue weighted by Gasteiger charge is -2.29. The molecule has 1 unspecified atom stereocenters. The maximum Gasteiger partial charge on any atom is 0.209 e. The van der Waals surface area contributed by atoms with Crippen LogP contribution in [0.5, 0.6) is 0 Å². The van der Waals surface area contributed by atoms with Gasteiger partial charge in [0.1, 0.15) is 6.10 Å². The number of hydrogen-bond acceptors (Lipinski definition) is 5. The number of unbranched alkanes of at least 4 members (excludes halogenated alkanes) is 32. The van der Waals surface area contributed by atoms with E-state index in [9.17, 15) is 24.9 Å². The standard InChI is InChI=1S/C43H84O5/c1-3-5-7-9-11-13-15-17-19-21-23-25-27-29-31-33-35-37-40(45)43(48,42(47)39-44)41(46)38-36-34-32-30-28-26-24-22-20-18-16-14-12-10-8-6-4-2/h42,44,47-48H,3-39H2,1-2H3. The molecule has 0 aliphatic heterocycles. The van der Waals surface area contributed by atoms with Crippen molar-refractivity contribution in [1.82, 2.24) is 0 Å². The zero-order valence-corrected chi connectivity index (χ0v) is 32.4. The summed E-state index contributed by atoms with van der Waals surface area (Å²) < 4.78 is 0. The minimum atomic E-state index is -2.47. The number of carbonyl (C=O) groups is 2. The molecule has 1 atom stereocenters. The summed E-state index contributed by atoms with van der Waals surface area (Å²) in [6.45, 7) is 3.74. The van der Waals surface area contributed by atoms with E-state index in [1.807, 2.05) is 0 Å². The van der Waals surface area contributed by atoms with E-state index in [1.54, 1.807) is 0 Å². The Labute approximate surface area is 299 Å². The van der Waals surface area contributed by atoms with Crippen LogP contribution in [0.4, 0.5) is 0 Å². The fourth-order valence-corrected chi connectivity index (χ4v) is 7.06. The maximum absolute atomic E-state index is 12.9. The van der Waals surface area contributed by atoms with Gasteiger partial charge in [0.25, 0.3) is 0 Å². The van der Waals surface area contributed by atoms with Crippen molar-refractivity contribution in [1.29, 1.82) is 0 Å². The predicted octanol–water partition coefficient (Wildman–Crippen LogP) is 12.3. The van der Waals surface area contributed by atoms with Gasteiger partial charge in [-0.25, -0.2) is 0 Å². The number of aliphatic hydroxyl groups excluding tert-OH is 2. The van der Waals surface area contributed by atoms with Gasteiger partial charge in [-0.3, -0.25) is 9.59 Å². The third kappa shape index (κ3) is 27.0. The highest BCUT2D eigenvalue weighted by Crippen LogP contribution is 2.23. The van der Waals surface area contributed by atoms with Crippen molar-refractivity contribution < 1.29 is 24.9 Å². The van der Waals surface area contributed by atoms with Crippen molar-refractivity contribution in [2.24, 2.45) is 0 Å². The van der Waals surface area contributed by atoms with Crippen LogP contribution in [0.1, 0.15) is 245 Å². The lowest BCUT2D eigenvalue weighted by Crippen LogP contribution is -2.57. The Morgan fingerprint density at radius 1 is 0.396 bits per heavy atom. The number of carbonyl (C=O) groups excluding carboxylic acids is 2. The molecule has 0 spiro atoms. The Morgan fingerprint density at radius 2 is 0.583 bits per heavy atom. The van der Waals surface area contributed by atoms with E-state index in [0.29, 0.717) is 12.8 Å². The highest BCUT2D eigenvalue weighted by atomic mass is 16.4. The Morgan fingerprint density at radius 3 is 0.771 bits per heavy atom. The number of ketones is 2. The molecule has 0 fully saturated rings. The van der Waals surface area contributed by atoms with Crippen LogP contribution in [0.3, 0.4) is 0 Å². The fourth-order valence-electron chi connectivity index (χ4n) is 7.06. The average Bonchev–Trinajstić information content (AvgIpc) is 3.09. The van der Waals surface area contributed by atoms with Crippen molar-refractivity contribution >= 4 is 11.6 Å². The summed E-state index contributed by atoms with van der Waals surface area (Å²) >= 11 is 0. The van der Waals surface area contributed by atoms with Crippen molar-refractivity contribution in [3.8, 4) is 0 Å². The molecule has 286 valence electrons. The van der Waals surface area contributed by atoms with Gasteiger partial charge < -0.3 is 15.3 Å². The van der Waals surface area contributed by atoms with Crippen LogP contribution >= 0.6 is 0 Å². The molecule has 0 saturated heterocycles. The molecule has 5 heteroatoms. The Hall–Kier alpha value is -0.780. The zero-order chi connectivity index (χ0) is 35.4. The van der Waals surface area contributed by atoms with Gasteiger partial charge >= 0.3 is 0 Å². The molecule has 0 aromatic heterocycles. The second kappa shape index (κ2) is 36.0. The molecule has 0 bridgehead atoms. The van der Waals surface area contributed by atoms with Gasteiger partial charge in [0.2, 0.25) is 5.60 Å². The van der Waals surface area contributed by atoms with Gasteiger partial charge in [-0.05, 0) is 12.8 Å². The molecular weight excluding hydrogens is 596 g/mol. The first kappa shape index (κ1) is 47.2. The van der Waals surface area contributed by atoms with E-state index in [0.717, 1.165) is 38.5 Å². The van der Waals surface area contributed by atoms with Crippen molar-refractivity contribution in [2.45, 2.75) is 257 Å². The summed E-state index contributed by atoms with van der Waals surface area (Å²) in [6, 6.07) is 0. The van der Waals surface area contributed by atoms with Gasteiger partial charge in [0, 0.05) is 12.8 Å². The molecule has 0 aliphatic rings. The predicted molar refractivity (Wildman–Crippen MR) is 206 cm³/mol. The molecule has 0 aromatic rings. The summed E-state index contributed by atoms with van der Waals surface area (Å²) in [7, 11) is 0.